The number of benzene rings is 1. The van der Waals surface area contributed by atoms with Gasteiger partial charge in [0.2, 0.25) is 11.8 Å². The number of nitrogens with one attached hydrogen (secondary N) is 1. The van der Waals surface area contributed by atoms with Crippen LogP contribution in [0.25, 0.3) is 11.2 Å². The molecule has 0 radical (unpaired) electrons. The molecule has 3 aromatic heterocycles. The van der Waals surface area contributed by atoms with Gasteiger partial charge in [-0.2, -0.15) is 0 Å². The van der Waals surface area contributed by atoms with Crippen molar-refractivity contribution in [1.29, 1.82) is 0 Å². The maximum Gasteiger partial charge on any atom is 0.222 e. The molecule has 1 amide bonds. The van der Waals surface area contributed by atoms with E-state index < -0.39 is 5.82 Å². The summed E-state index contributed by atoms with van der Waals surface area (Å²) in [5.41, 5.74) is 2.99. The molecule has 2 saturated heterocycles. The van der Waals surface area contributed by atoms with Gasteiger partial charge in [0.1, 0.15) is 24.1 Å². The molecule has 2 aliphatic heterocycles. The minimum atomic E-state index is -0.390. The highest BCUT2D eigenvalue weighted by atomic mass is 35.5. The van der Waals surface area contributed by atoms with E-state index in [-0.39, 0.29) is 18.6 Å². The number of fused-ring (bicyclic) bond motifs is 1. The number of carbonyl (C=O) groups excluding carboxylic acids is 1. The Balaban J connectivity index is 1.10. The third-order valence-electron chi connectivity index (χ3n) is 7.68. The Morgan fingerprint density at radius 2 is 1.95 bits per heavy atom. The van der Waals surface area contributed by atoms with E-state index in [2.05, 4.69) is 19.8 Å². The van der Waals surface area contributed by atoms with Gasteiger partial charge in [0, 0.05) is 41.8 Å². The molecule has 4 aromatic rings. The van der Waals surface area contributed by atoms with Crippen LogP contribution in [0.5, 0.6) is 5.88 Å². The molecule has 214 valence electrons. The van der Waals surface area contributed by atoms with Crippen LogP contribution in [0, 0.1) is 5.82 Å². The van der Waals surface area contributed by atoms with Gasteiger partial charge in [-0.1, -0.05) is 23.7 Å². The lowest BCUT2D eigenvalue weighted by molar-refractivity contribution is -0.114. The quantitative estimate of drug-likeness (QED) is 0.287. The fourth-order valence-corrected chi connectivity index (χ4v) is 5.54. The largest absolute Gasteiger partial charge is 0.473 e. The normalized spacial score (nSPS) is 17.9. The zero-order valence-corrected chi connectivity index (χ0v) is 23.6. The number of hydrogen-bond donors (Lipinski definition) is 1. The van der Waals surface area contributed by atoms with Crippen LogP contribution >= 0.6 is 11.6 Å². The van der Waals surface area contributed by atoms with E-state index in [1.54, 1.807) is 18.2 Å². The van der Waals surface area contributed by atoms with Gasteiger partial charge in [-0.25, -0.2) is 19.3 Å². The summed E-state index contributed by atoms with van der Waals surface area (Å²) in [4.78, 5) is 28.1. The molecule has 1 aromatic carbocycles. The zero-order valence-electron chi connectivity index (χ0n) is 22.9. The minimum Gasteiger partial charge on any atom is -0.473 e. The summed E-state index contributed by atoms with van der Waals surface area (Å²) in [5.74, 6) is 1.69. The molecule has 0 aliphatic carbocycles. The van der Waals surface area contributed by atoms with Gasteiger partial charge in [0.05, 0.1) is 24.7 Å². The van der Waals surface area contributed by atoms with Gasteiger partial charge >= 0.3 is 0 Å². The number of pyridine rings is 2. The van der Waals surface area contributed by atoms with Crippen LogP contribution in [-0.2, 0) is 29.2 Å². The van der Waals surface area contributed by atoms with Crippen LogP contribution in [0.3, 0.4) is 0 Å². The molecule has 2 fully saturated rings. The molecule has 6 rings (SSSR count). The number of amides is 1. The van der Waals surface area contributed by atoms with Crippen molar-refractivity contribution in [2.45, 2.75) is 57.9 Å². The van der Waals surface area contributed by atoms with Crippen molar-refractivity contribution >= 4 is 34.5 Å². The average Bonchev–Trinajstić information content (AvgIpc) is 3.26. The molecule has 1 N–H and O–H groups in total. The summed E-state index contributed by atoms with van der Waals surface area (Å²) >= 11 is 5.85. The highest BCUT2D eigenvalue weighted by molar-refractivity contribution is 6.30. The van der Waals surface area contributed by atoms with Crippen LogP contribution in [-0.4, -0.2) is 56.1 Å². The van der Waals surface area contributed by atoms with Crippen LogP contribution in [0.2, 0.25) is 5.02 Å². The molecular formula is C30H32ClFN6O3. The number of anilines is 1. The van der Waals surface area contributed by atoms with Crippen LogP contribution in [0.15, 0.2) is 48.5 Å². The predicted molar refractivity (Wildman–Crippen MR) is 153 cm³/mol. The number of imidazole rings is 1. The number of hydrogen-bond acceptors (Lipinski definition) is 7. The molecule has 0 spiro atoms. The maximum atomic E-state index is 14.1. The summed E-state index contributed by atoms with van der Waals surface area (Å²) < 4.78 is 27.9. The highest BCUT2D eigenvalue weighted by Gasteiger charge is 2.26. The molecule has 2 aliphatic rings. The van der Waals surface area contributed by atoms with Crippen molar-refractivity contribution in [3.8, 4) is 5.88 Å². The molecule has 0 bridgehead atoms. The van der Waals surface area contributed by atoms with E-state index in [0.717, 1.165) is 62.5 Å². The van der Waals surface area contributed by atoms with E-state index in [4.69, 9.17) is 31.0 Å². The molecule has 0 unspecified atom stereocenters. The third kappa shape index (κ3) is 6.50. The first-order chi connectivity index (χ1) is 19.9. The van der Waals surface area contributed by atoms with Crippen molar-refractivity contribution in [2.75, 3.05) is 25.0 Å². The number of carbonyl (C=O) groups is 1. The number of halogens is 2. The smallest absolute Gasteiger partial charge is 0.222 e. The number of aromatic nitrogens is 4. The number of rotatable bonds is 9. The summed E-state index contributed by atoms with van der Waals surface area (Å²) in [6, 6.07) is 14.1. The van der Waals surface area contributed by atoms with Gasteiger partial charge in [0.25, 0.3) is 0 Å². The Kier molecular flexibility index (Phi) is 8.13. The van der Waals surface area contributed by atoms with Crippen molar-refractivity contribution in [1.82, 2.24) is 24.4 Å². The molecule has 9 nitrogen and oxygen atoms in total. The summed E-state index contributed by atoms with van der Waals surface area (Å²) in [6.07, 6.45) is 3.13. The first-order valence-corrected chi connectivity index (χ1v) is 14.3. The first kappa shape index (κ1) is 27.6. The van der Waals surface area contributed by atoms with E-state index in [1.165, 1.54) is 13.0 Å². The molecule has 0 saturated carbocycles. The van der Waals surface area contributed by atoms with Crippen LogP contribution in [0.4, 0.5) is 10.2 Å². The molecule has 41 heavy (non-hydrogen) atoms. The molecule has 5 heterocycles. The molecule has 1 atom stereocenters. The SMILES string of the molecule is CC(=O)Nc1ccc2c(n1)nc(CN1CCC(c3cccc(OCc4ccc(Cl)cc4F)n3)CC1)n2C[C@@H]1CCO1. The summed E-state index contributed by atoms with van der Waals surface area (Å²) in [5, 5.41) is 3.10. The van der Waals surface area contributed by atoms with E-state index >= 15 is 0 Å². The lowest BCUT2D eigenvalue weighted by atomic mass is 9.93. The van der Waals surface area contributed by atoms with Crippen LogP contribution in [0.1, 0.15) is 49.2 Å². The lowest BCUT2D eigenvalue weighted by Crippen LogP contribution is -2.35. The van der Waals surface area contributed by atoms with Gasteiger partial charge in [-0.15, -0.1) is 0 Å². The van der Waals surface area contributed by atoms with Crippen molar-refractivity contribution in [2.24, 2.45) is 0 Å². The second-order valence-corrected chi connectivity index (χ2v) is 11.1. The second kappa shape index (κ2) is 12.1. The summed E-state index contributed by atoms with van der Waals surface area (Å²) in [6.45, 7) is 5.60. The number of ether oxygens (including phenoxy) is 2. The van der Waals surface area contributed by atoms with Gasteiger partial charge < -0.3 is 19.4 Å². The van der Waals surface area contributed by atoms with Crippen molar-refractivity contribution < 1.29 is 18.7 Å². The third-order valence-corrected chi connectivity index (χ3v) is 7.92. The van der Waals surface area contributed by atoms with E-state index in [9.17, 15) is 9.18 Å². The Hall–Kier alpha value is -3.60. The minimum absolute atomic E-state index is 0.0892. The monoisotopic (exact) mass is 578 g/mol. The Morgan fingerprint density at radius 1 is 1.12 bits per heavy atom. The fraction of sp³-hybridized carbons (Fsp3) is 0.400. The lowest BCUT2D eigenvalue weighted by Gasteiger charge is -2.32. The topological polar surface area (TPSA) is 94.4 Å². The van der Waals surface area contributed by atoms with E-state index in [0.29, 0.717) is 40.4 Å². The number of likely N-dealkylation sites (tertiary alicyclic amines) is 1. The number of nitrogens with zero attached hydrogens (tertiary/aromatic N) is 5. The standard InChI is InChI=1S/C30H32ClFN6O3/c1-19(39)33-27-8-7-26-30(35-27)36-28(38(26)16-23-11-14-40-23)17-37-12-9-20(10-13-37)25-3-2-4-29(34-25)41-18-21-5-6-22(31)15-24(21)32/h2-8,15,20,23H,9-14,16-18H2,1H3,(H,33,35,39)/t23-/m0/s1. The Bertz CT molecular complexity index is 1550. The number of piperidine rings is 1. The molecular weight excluding hydrogens is 547 g/mol. The molecule has 11 heteroatoms. The van der Waals surface area contributed by atoms with Crippen LogP contribution < -0.4 is 10.1 Å². The van der Waals surface area contributed by atoms with Gasteiger partial charge in [-0.3, -0.25) is 9.69 Å². The predicted octanol–water partition coefficient (Wildman–Crippen LogP) is 5.32. The Morgan fingerprint density at radius 3 is 2.68 bits per heavy atom. The second-order valence-electron chi connectivity index (χ2n) is 10.6. The summed E-state index contributed by atoms with van der Waals surface area (Å²) in [7, 11) is 0. The van der Waals surface area contributed by atoms with Crippen molar-refractivity contribution in [3.05, 3.63) is 76.5 Å². The van der Waals surface area contributed by atoms with Gasteiger partial charge in [-0.05, 0) is 62.7 Å². The Labute approximate surface area is 242 Å². The average molecular weight is 579 g/mol. The fourth-order valence-electron chi connectivity index (χ4n) is 5.38. The van der Waals surface area contributed by atoms with Gasteiger partial charge in [0.15, 0.2) is 5.65 Å². The first-order valence-electron chi connectivity index (χ1n) is 13.9. The zero-order chi connectivity index (χ0) is 28.3. The van der Waals surface area contributed by atoms with E-state index in [1.807, 2.05) is 24.3 Å². The van der Waals surface area contributed by atoms with Crippen molar-refractivity contribution in [3.63, 3.8) is 0 Å². The highest BCUT2D eigenvalue weighted by Crippen LogP contribution is 2.30. The maximum absolute atomic E-state index is 14.1.